The van der Waals surface area contributed by atoms with Gasteiger partial charge in [-0.2, -0.15) is 0 Å². The number of rotatable bonds is 1. The van der Waals surface area contributed by atoms with E-state index in [-0.39, 0.29) is 19.6 Å². The number of hydrogen-bond donors (Lipinski definition) is 0. The van der Waals surface area contributed by atoms with Crippen LogP contribution in [-0.2, 0) is 19.0 Å². The van der Waals surface area contributed by atoms with Crippen LogP contribution in [0, 0.1) is 5.89 Å². The molecule has 2 aliphatic rings. The summed E-state index contributed by atoms with van der Waals surface area (Å²) in [6, 6.07) is 0. The number of hydrogen-bond acceptors (Lipinski definition) is 4. The van der Waals surface area contributed by atoms with Crippen molar-refractivity contribution in [2.24, 2.45) is 5.89 Å². The van der Waals surface area contributed by atoms with Crippen LogP contribution in [0.15, 0.2) is 0 Å². The van der Waals surface area contributed by atoms with Gasteiger partial charge in [0.1, 0.15) is 6.10 Å². The number of carbonyl (C=O) groups is 1. The smallest absolute Gasteiger partial charge is 0.302 e. The van der Waals surface area contributed by atoms with Crippen molar-refractivity contribution in [1.82, 2.24) is 0 Å². The summed E-state index contributed by atoms with van der Waals surface area (Å²) < 4.78 is 51.2. The van der Waals surface area contributed by atoms with Gasteiger partial charge >= 0.3 is 5.97 Å². The highest BCUT2D eigenvalue weighted by molar-refractivity contribution is 5.66. The lowest BCUT2D eigenvalue weighted by Gasteiger charge is -2.13. The summed E-state index contributed by atoms with van der Waals surface area (Å²) in [5.74, 6) is -2.94. The Hall–Kier alpha value is -0.610. The van der Waals surface area contributed by atoms with Gasteiger partial charge in [0.2, 0.25) is 0 Å². The predicted molar refractivity (Wildman–Crippen MR) is 39.4 cm³/mol. The van der Waals surface area contributed by atoms with Gasteiger partial charge in [-0.25, -0.2) is 0 Å². The van der Waals surface area contributed by atoms with Crippen LogP contribution in [-0.4, -0.2) is 31.6 Å². The second-order valence-electron chi connectivity index (χ2n) is 2.62. The number of ether oxygens (including phenoxy) is 3. The van der Waals surface area contributed by atoms with E-state index in [0.717, 1.165) is 0 Å². The lowest BCUT2D eigenvalue weighted by molar-refractivity contribution is -0.147. The zero-order valence-electron chi connectivity index (χ0n) is 11.3. The van der Waals surface area contributed by atoms with Crippen molar-refractivity contribution in [1.29, 1.82) is 0 Å². The first-order valence-electron chi connectivity index (χ1n) is 6.18. The predicted octanol–water partition coefficient (Wildman–Crippen LogP) is 0.311. The molecular formula is C8H12O4. The molecule has 2 aliphatic heterocycles. The van der Waals surface area contributed by atoms with Gasteiger partial charge in [0, 0.05) is 12.3 Å². The van der Waals surface area contributed by atoms with E-state index in [1.165, 1.54) is 0 Å². The van der Waals surface area contributed by atoms with Gasteiger partial charge in [-0.1, -0.05) is 0 Å². The minimum atomic E-state index is -2.87. The van der Waals surface area contributed by atoms with E-state index in [2.05, 4.69) is 0 Å². The minimum Gasteiger partial charge on any atom is -0.460 e. The molecule has 0 radical (unpaired) electrons. The van der Waals surface area contributed by atoms with Crippen LogP contribution in [0.5, 0.6) is 0 Å². The van der Waals surface area contributed by atoms with Crippen molar-refractivity contribution < 1.29 is 25.9 Å². The van der Waals surface area contributed by atoms with Crippen LogP contribution in [0.2, 0.25) is 0 Å². The van der Waals surface area contributed by atoms with Gasteiger partial charge < -0.3 is 14.2 Å². The lowest BCUT2D eigenvalue weighted by Crippen LogP contribution is -2.25. The van der Waals surface area contributed by atoms with Gasteiger partial charge in [0.05, 0.1) is 20.5 Å². The van der Waals surface area contributed by atoms with Crippen LogP contribution in [0.1, 0.15) is 20.1 Å². The van der Waals surface area contributed by atoms with Crippen molar-refractivity contribution in [3.63, 3.8) is 0 Å². The molecule has 68 valence electrons. The summed E-state index contributed by atoms with van der Waals surface area (Å²) in [7, 11) is 0. The lowest BCUT2D eigenvalue weighted by atomic mass is 10.0. The van der Waals surface area contributed by atoms with E-state index in [1.54, 1.807) is 0 Å². The molecule has 2 fully saturated rings. The van der Waals surface area contributed by atoms with Crippen LogP contribution >= 0.6 is 0 Å². The fourth-order valence-corrected chi connectivity index (χ4v) is 1.36. The molecular weight excluding hydrogens is 160 g/mol. The van der Waals surface area contributed by atoms with Crippen molar-refractivity contribution >= 4 is 5.97 Å². The molecule has 0 aromatic rings. The average Bonchev–Trinajstić information content (AvgIpc) is 2.59. The number of esters is 1. The molecule has 2 saturated heterocycles. The monoisotopic (exact) mass is 177 g/mol. The zero-order chi connectivity index (χ0) is 12.9. The normalized spacial score (nSPS) is 59.0. The molecule has 0 saturated carbocycles. The number of carbonyl (C=O) groups excluding carboxylic acids is 1. The van der Waals surface area contributed by atoms with Gasteiger partial charge in [-0.15, -0.1) is 0 Å². The Labute approximate surface area is 77.8 Å². The van der Waals surface area contributed by atoms with E-state index >= 15 is 0 Å². The van der Waals surface area contributed by atoms with Crippen molar-refractivity contribution in [3.8, 4) is 0 Å². The third-order valence-corrected chi connectivity index (χ3v) is 1.87. The van der Waals surface area contributed by atoms with Crippen LogP contribution in [0.4, 0.5) is 0 Å². The highest BCUT2D eigenvalue weighted by atomic mass is 16.7. The summed E-state index contributed by atoms with van der Waals surface area (Å²) in [6.45, 7) is -2.92. The fourth-order valence-electron chi connectivity index (χ4n) is 1.36. The first-order chi connectivity index (χ1) is 7.69. The van der Waals surface area contributed by atoms with E-state index in [0.29, 0.717) is 0 Å². The highest BCUT2D eigenvalue weighted by Gasteiger charge is 2.43. The molecule has 4 nitrogen and oxygen atoms in total. The molecule has 1 unspecified atom stereocenters. The molecule has 0 bridgehead atoms. The first-order valence-corrected chi connectivity index (χ1v) is 3.68. The molecule has 3 atom stereocenters. The second kappa shape index (κ2) is 3.03. The van der Waals surface area contributed by atoms with Crippen molar-refractivity contribution in [2.45, 2.75) is 25.6 Å². The molecule has 0 aliphatic carbocycles. The average molecular weight is 177 g/mol. The molecule has 0 aromatic carbocycles. The number of fused-ring (bicyclic) bond motifs is 1. The summed E-state index contributed by atoms with van der Waals surface area (Å²) in [5.41, 5.74) is 0. The van der Waals surface area contributed by atoms with E-state index < -0.39 is 31.1 Å². The molecule has 0 amide bonds. The van der Waals surface area contributed by atoms with Gasteiger partial charge in [0.25, 0.3) is 0 Å². The third kappa shape index (κ3) is 1.32. The largest absolute Gasteiger partial charge is 0.460 e. The van der Waals surface area contributed by atoms with Crippen molar-refractivity contribution in [3.05, 3.63) is 0 Å². The topological polar surface area (TPSA) is 44.8 Å². The van der Waals surface area contributed by atoms with Gasteiger partial charge in [0.15, 0.2) is 6.27 Å². The zero-order valence-corrected chi connectivity index (χ0v) is 6.33. The standard InChI is InChI=1S/C8H12O4/c1-5(9)12-7-4-11-8-6(7)2-3-10-8/h6-8H,2-4H2,1H3/t6-,7?,8+/m0/s1/i1D3,6D,8D. The summed E-state index contributed by atoms with van der Waals surface area (Å²) in [6.07, 6.45) is -2.79. The minimum absolute atomic E-state index is 0.148. The van der Waals surface area contributed by atoms with Crippen LogP contribution in [0.3, 0.4) is 0 Å². The van der Waals surface area contributed by atoms with E-state index in [9.17, 15) is 4.79 Å². The second-order valence-corrected chi connectivity index (χ2v) is 2.62. The SMILES string of the molecule is [2H]C([2H])([2H])C(=O)OC1CO[C@@]2([2H])OCC[C@@]12[2H]. The molecule has 4 heteroatoms. The maximum atomic E-state index is 11.2. The summed E-state index contributed by atoms with van der Waals surface area (Å²) >= 11 is 0. The first kappa shape index (κ1) is 4.07. The molecule has 12 heavy (non-hydrogen) atoms. The molecule has 2 rings (SSSR count). The highest BCUT2D eigenvalue weighted by Crippen LogP contribution is 2.32. The van der Waals surface area contributed by atoms with Crippen molar-refractivity contribution in [2.75, 3.05) is 13.2 Å². The van der Waals surface area contributed by atoms with E-state index in [1.807, 2.05) is 0 Å². The maximum Gasteiger partial charge on any atom is 0.302 e. The Balaban J connectivity index is 2.12. The van der Waals surface area contributed by atoms with Gasteiger partial charge in [-0.3, -0.25) is 4.79 Å². The Morgan fingerprint density at radius 1 is 1.75 bits per heavy atom. The molecule has 2 heterocycles. The summed E-state index contributed by atoms with van der Waals surface area (Å²) in [5, 5.41) is 0. The molecule has 0 aromatic heterocycles. The fraction of sp³-hybridized carbons (Fsp3) is 0.875. The van der Waals surface area contributed by atoms with E-state index in [4.69, 9.17) is 21.1 Å². The maximum absolute atomic E-state index is 11.2. The Morgan fingerprint density at radius 3 is 3.50 bits per heavy atom. The van der Waals surface area contributed by atoms with Crippen LogP contribution in [0.25, 0.3) is 0 Å². The Kier molecular flexibility index (Phi) is 1.03. The molecule has 0 N–H and O–H groups in total. The quantitative estimate of drug-likeness (QED) is 0.541. The summed E-state index contributed by atoms with van der Waals surface area (Å²) in [4.78, 5) is 11.2. The third-order valence-electron chi connectivity index (χ3n) is 1.87. The Bertz CT molecular complexity index is 345. The van der Waals surface area contributed by atoms with Gasteiger partial charge in [-0.05, 0) is 6.42 Å². The Morgan fingerprint density at radius 2 is 2.67 bits per heavy atom. The van der Waals surface area contributed by atoms with Crippen LogP contribution < -0.4 is 0 Å². The molecule has 0 spiro atoms.